The Morgan fingerprint density at radius 1 is 0.870 bits per heavy atom. The lowest BCUT2D eigenvalue weighted by molar-refractivity contribution is 0.0831. The van der Waals surface area contributed by atoms with E-state index in [9.17, 15) is 4.79 Å². The van der Waals surface area contributed by atoms with Crippen LogP contribution in [0.4, 0.5) is 0 Å². The Labute approximate surface area is 141 Å². The summed E-state index contributed by atoms with van der Waals surface area (Å²) in [6, 6.07) is 18.7. The van der Waals surface area contributed by atoms with Crippen LogP contribution in [0.2, 0.25) is 0 Å². The lowest BCUT2D eigenvalue weighted by Crippen LogP contribution is -2.21. The van der Waals surface area contributed by atoms with Crippen molar-refractivity contribution < 1.29 is 4.79 Å². The van der Waals surface area contributed by atoms with E-state index in [1.165, 1.54) is 28.0 Å². The van der Waals surface area contributed by atoms with E-state index < -0.39 is 0 Å². The van der Waals surface area contributed by atoms with E-state index in [4.69, 9.17) is 0 Å². The van der Waals surface area contributed by atoms with Crippen LogP contribution >= 0.6 is 11.3 Å². The van der Waals surface area contributed by atoms with Gasteiger partial charge in [-0.25, -0.2) is 0 Å². The second kappa shape index (κ2) is 6.39. The van der Waals surface area contributed by atoms with Gasteiger partial charge in [-0.15, -0.1) is 11.3 Å². The lowest BCUT2D eigenvalue weighted by atomic mass is 9.94. The zero-order valence-electron chi connectivity index (χ0n) is 13.5. The SMILES string of the molecule is Cc1c(-c2ccccc2-c2ccccc2)csc1C(=O)N(C)C. The van der Waals surface area contributed by atoms with Crippen molar-refractivity contribution in [1.29, 1.82) is 0 Å². The van der Waals surface area contributed by atoms with Crippen molar-refractivity contribution in [2.24, 2.45) is 0 Å². The molecular weight excluding hydrogens is 302 g/mol. The molecule has 3 aromatic rings. The van der Waals surface area contributed by atoms with Gasteiger partial charge in [0.2, 0.25) is 0 Å². The van der Waals surface area contributed by atoms with E-state index in [1.807, 2.05) is 31.2 Å². The third-order valence-corrected chi connectivity index (χ3v) is 5.01. The molecule has 1 heterocycles. The molecule has 0 aliphatic carbocycles. The highest BCUT2D eigenvalue weighted by Crippen LogP contribution is 2.37. The van der Waals surface area contributed by atoms with Gasteiger partial charge in [-0.3, -0.25) is 4.79 Å². The minimum absolute atomic E-state index is 0.0657. The summed E-state index contributed by atoms with van der Waals surface area (Å²) in [5, 5.41) is 2.09. The van der Waals surface area contributed by atoms with Gasteiger partial charge in [-0.05, 0) is 40.1 Å². The van der Waals surface area contributed by atoms with E-state index in [0.29, 0.717) is 0 Å². The Bertz CT molecular complexity index is 834. The highest BCUT2D eigenvalue weighted by molar-refractivity contribution is 7.12. The molecule has 3 heteroatoms. The second-order valence-electron chi connectivity index (χ2n) is 5.71. The van der Waals surface area contributed by atoms with Crippen LogP contribution in [0.1, 0.15) is 15.2 Å². The van der Waals surface area contributed by atoms with Crippen LogP contribution in [0.5, 0.6) is 0 Å². The topological polar surface area (TPSA) is 20.3 Å². The van der Waals surface area contributed by atoms with Crippen molar-refractivity contribution in [2.45, 2.75) is 6.92 Å². The predicted octanol–water partition coefficient (Wildman–Crippen LogP) is 5.09. The number of amides is 1. The molecule has 0 spiro atoms. The number of nitrogens with zero attached hydrogens (tertiary/aromatic N) is 1. The molecule has 0 saturated heterocycles. The zero-order valence-corrected chi connectivity index (χ0v) is 14.4. The molecule has 0 radical (unpaired) electrons. The van der Waals surface area contributed by atoms with E-state index in [1.54, 1.807) is 19.0 Å². The molecule has 0 unspecified atom stereocenters. The minimum Gasteiger partial charge on any atom is -0.344 e. The van der Waals surface area contributed by atoms with Gasteiger partial charge in [0.1, 0.15) is 0 Å². The predicted molar refractivity (Wildman–Crippen MR) is 97.9 cm³/mol. The van der Waals surface area contributed by atoms with Gasteiger partial charge < -0.3 is 4.90 Å². The Hall–Kier alpha value is -2.39. The van der Waals surface area contributed by atoms with Crippen molar-refractivity contribution in [3.05, 3.63) is 70.4 Å². The van der Waals surface area contributed by atoms with Crippen molar-refractivity contribution in [1.82, 2.24) is 4.90 Å². The standard InChI is InChI=1S/C20H19NOS/c1-14-18(13-23-19(14)20(22)21(2)3)17-12-8-7-11-16(17)15-9-5-4-6-10-15/h4-13H,1-3H3. The molecule has 3 rings (SSSR count). The normalized spacial score (nSPS) is 10.6. The van der Waals surface area contributed by atoms with Crippen LogP contribution in [0.25, 0.3) is 22.3 Å². The molecule has 0 N–H and O–H groups in total. The van der Waals surface area contributed by atoms with Gasteiger partial charge >= 0.3 is 0 Å². The number of benzene rings is 2. The van der Waals surface area contributed by atoms with Gasteiger partial charge in [0.15, 0.2) is 0 Å². The van der Waals surface area contributed by atoms with Crippen LogP contribution in [-0.2, 0) is 0 Å². The lowest BCUT2D eigenvalue weighted by Gasteiger charge is -2.12. The van der Waals surface area contributed by atoms with Crippen LogP contribution in [0, 0.1) is 6.92 Å². The first-order valence-corrected chi connectivity index (χ1v) is 8.42. The molecule has 2 aromatic carbocycles. The molecule has 0 bridgehead atoms. The number of thiophene rings is 1. The van der Waals surface area contributed by atoms with Crippen molar-refractivity contribution in [3.63, 3.8) is 0 Å². The van der Waals surface area contributed by atoms with Crippen LogP contribution in [0.15, 0.2) is 60.0 Å². The van der Waals surface area contributed by atoms with Crippen molar-refractivity contribution in [3.8, 4) is 22.3 Å². The Balaban J connectivity index is 2.13. The van der Waals surface area contributed by atoms with Gasteiger partial charge in [0, 0.05) is 14.1 Å². The molecule has 0 aliphatic heterocycles. The van der Waals surface area contributed by atoms with E-state index >= 15 is 0 Å². The van der Waals surface area contributed by atoms with Gasteiger partial charge in [0.25, 0.3) is 5.91 Å². The Morgan fingerprint density at radius 3 is 2.13 bits per heavy atom. The fourth-order valence-electron chi connectivity index (χ4n) is 2.68. The molecule has 0 fully saturated rings. The first kappa shape index (κ1) is 15.5. The summed E-state index contributed by atoms with van der Waals surface area (Å²) in [4.78, 5) is 14.7. The molecule has 0 saturated carbocycles. The van der Waals surface area contributed by atoms with Gasteiger partial charge in [-0.2, -0.15) is 0 Å². The quantitative estimate of drug-likeness (QED) is 0.658. The first-order chi connectivity index (χ1) is 11.1. The molecule has 2 nitrogen and oxygen atoms in total. The van der Waals surface area contributed by atoms with E-state index in [2.05, 4.69) is 35.7 Å². The summed E-state index contributed by atoms with van der Waals surface area (Å²) in [7, 11) is 3.58. The smallest absolute Gasteiger partial charge is 0.263 e. The average molecular weight is 321 g/mol. The van der Waals surface area contributed by atoms with Gasteiger partial charge in [-0.1, -0.05) is 54.6 Å². The Kier molecular flexibility index (Phi) is 4.30. The molecule has 1 amide bonds. The third-order valence-electron chi connectivity index (χ3n) is 3.94. The molecule has 1 aromatic heterocycles. The van der Waals surface area contributed by atoms with Crippen LogP contribution in [-0.4, -0.2) is 24.9 Å². The summed E-state index contributed by atoms with van der Waals surface area (Å²) in [6.07, 6.45) is 0. The maximum Gasteiger partial charge on any atom is 0.263 e. The van der Waals surface area contributed by atoms with Crippen molar-refractivity contribution >= 4 is 17.2 Å². The largest absolute Gasteiger partial charge is 0.344 e. The average Bonchev–Trinajstić information content (AvgIpc) is 2.96. The third kappa shape index (κ3) is 2.92. The highest BCUT2D eigenvalue weighted by Gasteiger charge is 2.18. The fourth-order valence-corrected chi connectivity index (χ4v) is 3.79. The van der Waals surface area contributed by atoms with Crippen LogP contribution in [0.3, 0.4) is 0 Å². The van der Waals surface area contributed by atoms with Crippen LogP contribution < -0.4 is 0 Å². The summed E-state index contributed by atoms with van der Waals surface area (Å²) in [6.45, 7) is 2.03. The number of rotatable bonds is 3. The maximum atomic E-state index is 12.3. The number of hydrogen-bond donors (Lipinski definition) is 0. The first-order valence-electron chi connectivity index (χ1n) is 7.54. The summed E-state index contributed by atoms with van der Waals surface area (Å²) in [5.74, 6) is 0.0657. The minimum atomic E-state index is 0.0657. The zero-order chi connectivity index (χ0) is 16.4. The van der Waals surface area contributed by atoms with E-state index in [-0.39, 0.29) is 5.91 Å². The number of hydrogen-bond acceptors (Lipinski definition) is 2. The molecule has 116 valence electrons. The highest BCUT2D eigenvalue weighted by atomic mass is 32.1. The second-order valence-corrected chi connectivity index (χ2v) is 6.59. The molecule has 0 atom stereocenters. The maximum absolute atomic E-state index is 12.3. The number of carbonyl (C=O) groups excluding carboxylic acids is 1. The molecule has 0 aliphatic rings. The summed E-state index contributed by atoms with van der Waals surface area (Å²) < 4.78 is 0. The molecule has 23 heavy (non-hydrogen) atoms. The van der Waals surface area contributed by atoms with Gasteiger partial charge in [0.05, 0.1) is 4.88 Å². The van der Waals surface area contributed by atoms with E-state index in [0.717, 1.165) is 16.0 Å². The summed E-state index contributed by atoms with van der Waals surface area (Å²) in [5.41, 5.74) is 5.74. The molecular formula is C20H19NOS. The number of carbonyl (C=O) groups is 1. The fraction of sp³-hybridized carbons (Fsp3) is 0.150. The summed E-state index contributed by atoms with van der Waals surface area (Å²) >= 11 is 1.52. The van der Waals surface area contributed by atoms with Crippen molar-refractivity contribution in [2.75, 3.05) is 14.1 Å². The monoisotopic (exact) mass is 321 g/mol. The Morgan fingerprint density at radius 2 is 1.48 bits per heavy atom.